The molecule has 1 saturated carbocycles. The zero-order valence-electron chi connectivity index (χ0n) is 6.64. The topological polar surface area (TPSA) is 30.7 Å². The molecule has 3 heteroatoms. The molecule has 0 saturated heterocycles. The minimum atomic E-state index is 0.645. The van der Waals surface area contributed by atoms with Crippen molar-refractivity contribution in [2.45, 2.75) is 18.9 Å². The highest BCUT2D eigenvalue weighted by Crippen LogP contribution is 2.36. The summed E-state index contributed by atoms with van der Waals surface area (Å²) in [6.07, 6.45) is 8.15. The Bertz CT molecular complexity index is 414. The summed E-state index contributed by atoms with van der Waals surface area (Å²) in [5.74, 6) is 0. The highest BCUT2D eigenvalue weighted by atomic mass is 15.3. The second-order valence-electron chi connectivity index (χ2n) is 3.25. The summed E-state index contributed by atoms with van der Waals surface area (Å²) < 4.78 is 2.09. The normalized spacial score (nSPS) is 17.0. The first-order valence-corrected chi connectivity index (χ1v) is 4.22. The van der Waals surface area contributed by atoms with Gasteiger partial charge < -0.3 is 0 Å². The third-order valence-electron chi connectivity index (χ3n) is 2.29. The molecule has 2 heterocycles. The minimum Gasteiger partial charge on any atom is -0.262 e. The molecule has 0 atom stereocenters. The van der Waals surface area contributed by atoms with Crippen LogP contribution in [0.1, 0.15) is 18.9 Å². The number of fused-ring (bicyclic) bond motifs is 1. The van der Waals surface area contributed by atoms with Crippen LogP contribution in [0.4, 0.5) is 0 Å². The van der Waals surface area contributed by atoms with Crippen LogP contribution in [0, 0.1) is 0 Å². The van der Waals surface area contributed by atoms with Crippen LogP contribution < -0.4 is 0 Å². The lowest BCUT2D eigenvalue weighted by Crippen LogP contribution is -1.94. The van der Waals surface area contributed by atoms with E-state index in [0.29, 0.717) is 6.04 Å². The maximum absolute atomic E-state index is 4.33. The lowest BCUT2D eigenvalue weighted by Gasteiger charge is -1.97. The number of hydrogen-bond donors (Lipinski definition) is 0. The summed E-state index contributed by atoms with van der Waals surface area (Å²) in [4.78, 5) is 4.10. The largest absolute Gasteiger partial charge is 0.262 e. The molecule has 0 radical (unpaired) electrons. The van der Waals surface area contributed by atoms with Gasteiger partial charge in [0.2, 0.25) is 0 Å². The molecule has 2 aromatic rings. The van der Waals surface area contributed by atoms with Gasteiger partial charge in [0.1, 0.15) is 0 Å². The predicted molar refractivity (Wildman–Crippen MR) is 45.8 cm³/mol. The van der Waals surface area contributed by atoms with E-state index in [1.54, 1.807) is 6.20 Å². The first-order valence-electron chi connectivity index (χ1n) is 4.22. The number of nitrogens with zero attached hydrogens (tertiary/aromatic N) is 3. The van der Waals surface area contributed by atoms with Gasteiger partial charge in [0.25, 0.3) is 0 Å². The molecule has 0 spiro atoms. The van der Waals surface area contributed by atoms with Crippen molar-refractivity contribution in [3.05, 3.63) is 24.7 Å². The van der Waals surface area contributed by atoms with Gasteiger partial charge >= 0.3 is 0 Å². The third-order valence-corrected chi connectivity index (χ3v) is 2.29. The van der Waals surface area contributed by atoms with Gasteiger partial charge in [0, 0.05) is 11.6 Å². The zero-order valence-corrected chi connectivity index (χ0v) is 6.64. The van der Waals surface area contributed by atoms with Crippen LogP contribution in [0.2, 0.25) is 0 Å². The van der Waals surface area contributed by atoms with Crippen molar-refractivity contribution in [1.82, 2.24) is 14.8 Å². The molecule has 1 aliphatic rings. The molecule has 12 heavy (non-hydrogen) atoms. The molecule has 0 bridgehead atoms. The van der Waals surface area contributed by atoms with E-state index in [1.807, 2.05) is 18.5 Å². The summed E-state index contributed by atoms with van der Waals surface area (Å²) in [6, 6.07) is 2.65. The van der Waals surface area contributed by atoms with E-state index < -0.39 is 0 Å². The molecule has 1 fully saturated rings. The molecule has 3 nitrogen and oxygen atoms in total. The molecule has 0 unspecified atom stereocenters. The Kier molecular flexibility index (Phi) is 1.06. The number of pyridine rings is 1. The third kappa shape index (κ3) is 0.763. The van der Waals surface area contributed by atoms with Crippen LogP contribution in [0.15, 0.2) is 24.7 Å². The van der Waals surface area contributed by atoms with Crippen LogP contribution in [-0.4, -0.2) is 14.8 Å². The van der Waals surface area contributed by atoms with Gasteiger partial charge in [0.05, 0.1) is 24.0 Å². The fraction of sp³-hybridized carbons (Fsp3) is 0.333. The van der Waals surface area contributed by atoms with Crippen molar-refractivity contribution in [2.75, 3.05) is 0 Å². The van der Waals surface area contributed by atoms with Crippen LogP contribution >= 0.6 is 0 Å². The first-order chi connectivity index (χ1) is 5.95. The SMILES string of the molecule is c1cc2cnn(C3CC3)c2cn1. The second kappa shape index (κ2) is 2.06. The highest BCUT2D eigenvalue weighted by Gasteiger charge is 2.25. The Morgan fingerprint density at radius 2 is 2.25 bits per heavy atom. The summed E-state index contributed by atoms with van der Waals surface area (Å²) in [6.45, 7) is 0. The molecular formula is C9H9N3. The summed E-state index contributed by atoms with van der Waals surface area (Å²) in [7, 11) is 0. The monoisotopic (exact) mass is 159 g/mol. The molecular weight excluding hydrogens is 150 g/mol. The summed E-state index contributed by atoms with van der Waals surface area (Å²) >= 11 is 0. The van der Waals surface area contributed by atoms with Crippen molar-refractivity contribution in [3.8, 4) is 0 Å². The molecule has 60 valence electrons. The predicted octanol–water partition coefficient (Wildman–Crippen LogP) is 1.77. The molecule has 0 aromatic carbocycles. The number of aromatic nitrogens is 3. The lowest BCUT2D eigenvalue weighted by molar-refractivity contribution is 0.664. The number of hydrogen-bond acceptors (Lipinski definition) is 2. The Balaban J connectivity index is 2.30. The van der Waals surface area contributed by atoms with Crippen molar-refractivity contribution >= 4 is 10.9 Å². The summed E-state index contributed by atoms with van der Waals surface area (Å²) in [5.41, 5.74) is 1.17. The lowest BCUT2D eigenvalue weighted by atomic mass is 10.3. The maximum atomic E-state index is 4.33. The van der Waals surface area contributed by atoms with Crippen molar-refractivity contribution in [3.63, 3.8) is 0 Å². The number of rotatable bonds is 1. The smallest absolute Gasteiger partial charge is 0.0868 e. The van der Waals surface area contributed by atoms with E-state index in [1.165, 1.54) is 23.7 Å². The first kappa shape index (κ1) is 6.17. The summed E-state index contributed by atoms with van der Waals surface area (Å²) in [5, 5.41) is 5.53. The van der Waals surface area contributed by atoms with Crippen LogP contribution in [0.3, 0.4) is 0 Å². The molecule has 0 N–H and O–H groups in total. The average molecular weight is 159 g/mol. The van der Waals surface area contributed by atoms with E-state index in [2.05, 4.69) is 14.8 Å². The van der Waals surface area contributed by atoms with Gasteiger partial charge in [0.15, 0.2) is 0 Å². The Hall–Kier alpha value is -1.38. The van der Waals surface area contributed by atoms with E-state index in [4.69, 9.17) is 0 Å². The van der Waals surface area contributed by atoms with Crippen LogP contribution in [-0.2, 0) is 0 Å². The van der Waals surface area contributed by atoms with Crippen molar-refractivity contribution in [2.24, 2.45) is 0 Å². The van der Waals surface area contributed by atoms with E-state index in [9.17, 15) is 0 Å². The molecule has 0 aliphatic heterocycles. The van der Waals surface area contributed by atoms with Gasteiger partial charge in [-0.25, -0.2) is 0 Å². The van der Waals surface area contributed by atoms with Gasteiger partial charge in [-0.3, -0.25) is 9.67 Å². The second-order valence-corrected chi connectivity index (χ2v) is 3.25. The molecule has 1 aliphatic carbocycles. The van der Waals surface area contributed by atoms with Gasteiger partial charge in [-0.15, -0.1) is 0 Å². The Morgan fingerprint density at radius 3 is 3.08 bits per heavy atom. The Morgan fingerprint density at radius 1 is 1.33 bits per heavy atom. The van der Waals surface area contributed by atoms with E-state index in [-0.39, 0.29) is 0 Å². The van der Waals surface area contributed by atoms with Gasteiger partial charge in [-0.05, 0) is 18.9 Å². The fourth-order valence-electron chi connectivity index (χ4n) is 1.49. The Labute approximate surface area is 70.0 Å². The van der Waals surface area contributed by atoms with E-state index >= 15 is 0 Å². The maximum Gasteiger partial charge on any atom is 0.0868 e. The average Bonchev–Trinajstić information content (AvgIpc) is 2.86. The van der Waals surface area contributed by atoms with Crippen LogP contribution in [0.5, 0.6) is 0 Å². The van der Waals surface area contributed by atoms with Gasteiger partial charge in [-0.2, -0.15) is 5.10 Å². The fourth-order valence-corrected chi connectivity index (χ4v) is 1.49. The molecule has 0 amide bonds. The molecule has 3 rings (SSSR count). The van der Waals surface area contributed by atoms with Crippen molar-refractivity contribution in [1.29, 1.82) is 0 Å². The molecule has 2 aromatic heterocycles. The van der Waals surface area contributed by atoms with Crippen LogP contribution in [0.25, 0.3) is 10.9 Å². The minimum absolute atomic E-state index is 0.645. The van der Waals surface area contributed by atoms with E-state index in [0.717, 1.165) is 0 Å². The standard InChI is InChI=1S/C9H9N3/c1-2-8(1)12-9-6-10-4-3-7(9)5-11-12/h3-6,8H,1-2H2. The highest BCUT2D eigenvalue weighted by molar-refractivity contribution is 5.77. The van der Waals surface area contributed by atoms with Crippen molar-refractivity contribution < 1.29 is 0 Å². The van der Waals surface area contributed by atoms with Gasteiger partial charge in [-0.1, -0.05) is 0 Å². The zero-order chi connectivity index (χ0) is 7.97. The quantitative estimate of drug-likeness (QED) is 0.634.